The van der Waals surface area contributed by atoms with Gasteiger partial charge in [-0.05, 0) is 33.3 Å². The molecule has 0 saturated heterocycles. The Morgan fingerprint density at radius 3 is 2.55 bits per heavy atom. The molecule has 20 heavy (non-hydrogen) atoms. The van der Waals surface area contributed by atoms with E-state index < -0.39 is 0 Å². The minimum Gasteiger partial charge on any atom is -0.337 e. The number of aromatic nitrogens is 4. The predicted octanol–water partition coefficient (Wildman–Crippen LogP) is 3.40. The second-order valence-electron chi connectivity index (χ2n) is 4.98. The van der Waals surface area contributed by atoms with Crippen LogP contribution in [0.4, 0.5) is 11.5 Å². The maximum absolute atomic E-state index is 4.43. The lowest BCUT2D eigenvalue weighted by Crippen LogP contribution is -1.98. The van der Waals surface area contributed by atoms with Crippen molar-refractivity contribution in [2.75, 3.05) is 5.32 Å². The van der Waals surface area contributed by atoms with Gasteiger partial charge in [-0.1, -0.05) is 0 Å². The van der Waals surface area contributed by atoms with Gasteiger partial charge in [-0.15, -0.1) is 11.3 Å². The molecule has 104 valence electrons. The lowest BCUT2D eigenvalue weighted by molar-refractivity contribution is 0.731. The van der Waals surface area contributed by atoms with Crippen LogP contribution in [0.1, 0.15) is 21.8 Å². The van der Waals surface area contributed by atoms with Crippen molar-refractivity contribution in [3.63, 3.8) is 0 Å². The van der Waals surface area contributed by atoms with E-state index in [2.05, 4.69) is 34.2 Å². The monoisotopic (exact) mass is 287 g/mol. The maximum Gasteiger partial charge on any atom is 0.142 e. The molecule has 0 saturated carbocycles. The number of aryl methyl sites for hydroxylation is 4. The average Bonchev–Trinajstić information content (AvgIpc) is 2.82. The standard InChI is InChI=1S/C14H17N5S/c1-7-10(4)20-14-11(7)13(15-6-16-14)17-12-8(2)18-19(5)9(12)3/h6H,1-5H3,(H,15,16,17). The van der Waals surface area contributed by atoms with Gasteiger partial charge in [0.15, 0.2) is 0 Å². The van der Waals surface area contributed by atoms with E-state index >= 15 is 0 Å². The highest BCUT2D eigenvalue weighted by Crippen LogP contribution is 2.34. The van der Waals surface area contributed by atoms with Crippen LogP contribution in [0.3, 0.4) is 0 Å². The van der Waals surface area contributed by atoms with Crippen molar-refractivity contribution in [2.45, 2.75) is 27.7 Å². The van der Waals surface area contributed by atoms with Crippen LogP contribution in [0.5, 0.6) is 0 Å². The highest BCUT2D eigenvalue weighted by molar-refractivity contribution is 7.18. The van der Waals surface area contributed by atoms with Crippen LogP contribution < -0.4 is 5.32 Å². The first-order valence-electron chi connectivity index (χ1n) is 6.47. The Hall–Kier alpha value is -1.95. The first-order valence-corrected chi connectivity index (χ1v) is 7.28. The van der Waals surface area contributed by atoms with Gasteiger partial charge in [0.05, 0.1) is 22.5 Å². The van der Waals surface area contributed by atoms with Crippen LogP contribution in [-0.2, 0) is 7.05 Å². The van der Waals surface area contributed by atoms with Crippen LogP contribution >= 0.6 is 11.3 Å². The molecule has 0 bridgehead atoms. The number of hydrogen-bond donors (Lipinski definition) is 1. The van der Waals surface area contributed by atoms with Crippen molar-refractivity contribution in [3.8, 4) is 0 Å². The summed E-state index contributed by atoms with van der Waals surface area (Å²) in [5.41, 5.74) is 4.34. The summed E-state index contributed by atoms with van der Waals surface area (Å²) in [7, 11) is 1.95. The van der Waals surface area contributed by atoms with Crippen molar-refractivity contribution in [1.29, 1.82) is 0 Å². The Kier molecular flexibility index (Phi) is 2.97. The highest BCUT2D eigenvalue weighted by atomic mass is 32.1. The molecule has 0 atom stereocenters. The Balaban J connectivity index is 2.16. The molecule has 5 nitrogen and oxygen atoms in total. The minimum atomic E-state index is 0.857. The quantitative estimate of drug-likeness (QED) is 0.785. The van der Waals surface area contributed by atoms with Crippen molar-refractivity contribution < 1.29 is 0 Å². The lowest BCUT2D eigenvalue weighted by atomic mass is 10.2. The summed E-state index contributed by atoms with van der Waals surface area (Å²) in [5, 5.41) is 8.97. The van der Waals surface area contributed by atoms with E-state index in [1.807, 2.05) is 25.6 Å². The normalized spacial score (nSPS) is 11.2. The first kappa shape index (κ1) is 13.1. The number of thiophene rings is 1. The lowest BCUT2D eigenvalue weighted by Gasteiger charge is -2.07. The van der Waals surface area contributed by atoms with Crippen molar-refractivity contribution >= 4 is 33.1 Å². The van der Waals surface area contributed by atoms with Crippen molar-refractivity contribution in [1.82, 2.24) is 19.7 Å². The van der Waals surface area contributed by atoms with E-state index in [0.717, 1.165) is 33.1 Å². The Labute approximate surface area is 121 Å². The molecular formula is C14H17N5S. The zero-order chi connectivity index (χ0) is 14.4. The van der Waals surface area contributed by atoms with Gasteiger partial charge in [-0.3, -0.25) is 4.68 Å². The summed E-state index contributed by atoms with van der Waals surface area (Å²) in [5.74, 6) is 0.857. The van der Waals surface area contributed by atoms with E-state index in [4.69, 9.17) is 0 Å². The number of nitrogens with zero attached hydrogens (tertiary/aromatic N) is 4. The molecule has 0 fully saturated rings. The molecule has 0 radical (unpaired) electrons. The van der Waals surface area contributed by atoms with Gasteiger partial charge in [0.2, 0.25) is 0 Å². The van der Waals surface area contributed by atoms with Crippen LogP contribution in [0.2, 0.25) is 0 Å². The fraction of sp³-hybridized carbons (Fsp3) is 0.357. The maximum atomic E-state index is 4.43. The number of hydrogen-bond acceptors (Lipinski definition) is 5. The second-order valence-corrected chi connectivity index (χ2v) is 6.18. The third kappa shape index (κ3) is 1.87. The topological polar surface area (TPSA) is 55.6 Å². The SMILES string of the molecule is Cc1nn(C)c(C)c1Nc1ncnc2sc(C)c(C)c12. The van der Waals surface area contributed by atoms with Crippen molar-refractivity contribution in [2.24, 2.45) is 7.05 Å². The molecule has 0 spiro atoms. The molecule has 3 aromatic rings. The predicted molar refractivity (Wildman–Crippen MR) is 82.9 cm³/mol. The van der Waals surface area contributed by atoms with E-state index in [9.17, 15) is 0 Å². The summed E-state index contributed by atoms with van der Waals surface area (Å²) in [6.45, 7) is 8.28. The third-order valence-electron chi connectivity index (χ3n) is 3.72. The van der Waals surface area contributed by atoms with Crippen LogP contribution in [0.15, 0.2) is 6.33 Å². The van der Waals surface area contributed by atoms with Gasteiger partial charge in [0.25, 0.3) is 0 Å². The zero-order valence-electron chi connectivity index (χ0n) is 12.3. The Bertz CT molecular complexity index is 800. The van der Waals surface area contributed by atoms with Crippen LogP contribution in [0.25, 0.3) is 10.2 Å². The van der Waals surface area contributed by atoms with E-state index in [1.54, 1.807) is 17.7 Å². The average molecular weight is 287 g/mol. The van der Waals surface area contributed by atoms with E-state index in [-0.39, 0.29) is 0 Å². The molecule has 0 aromatic carbocycles. The fourth-order valence-electron chi connectivity index (χ4n) is 2.35. The number of fused-ring (bicyclic) bond motifs is 1. The molecule has 3 aromatic heterocycles. The molecule has 0 unspecified atom stereocenters. The number of anilines is 2. The molecule has 3 heterocycles. The molecule has 1 N–H and O–H groups in total. The molecule has 0 amide bonds. The van der Waals surface area contributed by atoms with Gasteiger partial charge >= 0.3 is 0 Å². The number of nitrogens with one attached hydrogen (secondary N) is 1. The van der Waals surface area contributed by atoms with Gasteiger partial charge < -0.3 is 5.32 Å². The smallest absolute Gasteiger partial charge is 0.142 e. The van der Waals surface area contributed by atoms with Crippen molar-refractivity contribution in [3.05, 3.63) is 28.2 Å². The van der Waals surface area contributed by atoms with Gasteiger partial charge in [0, 0.05) is 11.9 Å². The summed E-state index contributed by atoms with van der Waals surface area (Å²) in [4.78, 5) is 11.1. The second kappa shape index (κ2) is 4.56. The van der Waals surface area contributed by atoms with Gasteiger partial charge in [-0.25, -0.2) is 9.97 Å². The summed E-state index contributed by atoms with van der Waals surface area (Å²) in [6, 6.07) is 0. The largest absolute Gasteiger partial charge is 0.337 e. The minimum absolute atomic E-state index is 0.857. The summed E-state index contributed by atoms with van der Waals surface area (Å²) < 4.78 is 1.88. The first-order chi connectivity index (χ1) is 9.49. The van der Waals surface area contributed by atoms with Gasteiger partial charge in [-0.2, -0.15) is 5.10 Å². The Morgan fingerprint density at radius 2 is 1.90 bits per heavy atom. The fourth-order valence-corrected chi connectivity index (χ4v) is 3.35. The van der Waals surface area contributed by atoms with E-state index in [1.165, 1.54) is 10.4 Å². The molecule has 6 heteroatoms. The van der Waals surface area contributed by atoms with Gasteiger partial charge in [0.1, 0.15) is 17.0 Å². The zero-order valence-corrected chi connectivity index (χ0v) is 13.1. The van der Waals surface area contributed by atoms with E-state index in [0.29, 0.717) is 0 Å². The Morgan fingerprint density at radius 1 is 1.15 bits per heavy atom. The van der Waals surface area contributed by atoms with Crippen LogP contribution in [0, 0.1) is 27.7 Å². The molecule has 0 aliphatic heterocycles. The summed E-state index contributed by atoms with van der Waals surface area (Å²) >= 11 is 1.71. The highest BCUT2D eigenvalue weighted by Gasteiger charge is 2.15. The number of rotatable bonds is 2. The van der Waals surface area contributed by atoms with Crippen LogP contribution in [-0.4, -0.2) is 19.7 Å². The molecule has 3 rings (SSSR count). The third-order valence-corrected chi connectivity index (χ3v) is 4.83. The summed E-state index contributed by atoms with van der Waals surface area (Å²) in [6.07, 6.45) is 1.61. The molecule has 0 aliphatic carbocycles. The molecular weight excluding hydrogens is 270 g/mol. The molecule has 0 aliphatic rings.